The third-order valence-corrected chi connectivity index (χ3v) is 3.56. The lowest BCUT2D eigenvalue weighted by molar-refractivity contribution is -0.120. The molecular formula is C8H16N2O2S. The molecule has 0 saturated carbocycles. The van der Waals surface area contributed by atoms with E-state index in [1.165, 1.54) is 0 Å². The molecule has 1 atom stereocenters. The highest BCUT2D eigenvalue weighted by atomic mass is 32.2. The van der Waals surface area contributed by atoms with E-state index in [0.29, 0.717) is 5.25 Å². The van der Waals surface area contributed by atoms with Crippen LogP contribution in [0, 0.1) is 0 Å². The molecule has 1 heterocycles. The van der Waals surface area contributed by atoms with Crippen LogP contribution in [0.15, 0.2) is 0 Å². The molecule has 1 fully saturated rings. The van der Waals surface area contributed by atoms with Gasteiger partial charge < -0.3 is 4.74 Å². The van der Waals surface area contributed by atoms with Crippen molar-refractivity contribution in [2.45, 2.75) is 30.3 Å². The summed E-state index contributed by atoms with van der Waals surface area (Å²) in [5.41, 5.74) is 2.16. The summed E-state index contributed by atoms with van der Waals surface area (Å²) in [7, 11) is 0. The van der Waals surface area contributed by atoms with E-state index in [2.05, 4.69) is 5.43 Å². The fourth-order valence-corrected chi connectivity index (χ4v) is 2.51. The van der Waals surface area contributed by atoms with Crippen LogP contribution in [0.25, 0.3) is 0 Å². The average Bonchev–Trinajstić information content (AvgIpc) is 2.18. The first kappa shape index (κ1) is 10.8. The number of carbonyl (C=O) groups excluding carboxylic acids is 1. The van der Waals surface area contributed by atoms with Crippen molar-refractivity contribution < 1.29 is 9.53 Å². The minimum absolute atomic E-state index is 0.0619. The Labute approximate surface area is 82.5 Å². The van der Waals surface area contributed by atoms with E-state index < -0.39 is 0 Å². The summed E-state index contributed by atoms with van der Waals surface area (Å²) < 4.78 is 5.23. The van der Waals surface area contributed by atoms with Crippen LogP contribution in [0.2, 0.25) is 0 Å². The molecule has 1 aliphatic rings. The van der Waals surface area contributed by atoms with E-state index in [0.717, 1.165) is 26.1 Å². The van der Waals surface area contributed by atoms with E-state index in [9.17, 15) is 4.79 Å². The lowest BCUT2D eigenvalue weighted by atomic mass is 10.2. The number of amides is 1. The molecular weight excluding hydrogens is 188 g/mol. The van der Waals surface area contributed by atoms with Gasteiger partial charge >= 0.3 is 0 Å². The van der Waals surface area contributed by atoms with Gasteiger partial charge in [-0.15, -0.1) is 11.8 Å². The minimum atomic E-state index is -0.100. The fraction of sp³-hybridized carbons (Fsp3) is 0.875. The second-order valence-electron chi connectivity index (χ2n) is 3.10. The molecule has 3 N–H and O–H groups in total. The first-order valence-corrected chi connectivity index (χ1v) is 5.42. The number of hydrogen-bond acceptors (Lipinski definition) is 4. The van der Waals surface area contributed by atoms with Crippen LogP contribution in [0.1, 0.15) is 19.8 Å². The second-order valence-corrected chi connectivity index (χ2v) is 4.74. The Hall–Kier alpha value is -0.260. The molecule has 13 heavy (non-hydrogen) atoms. The van der Waals surface area contributed by atoms with Gasteiger partial charge in [0.2, 0.25) is 5.91 Å². The highest BCUT2D eigenvalue weighted by molar-refractivity contribution is 8.01. The largest absolute Gasteiger partial charge is 0.381 e. The van der Waals surface area contributed by atoms with Crippen LogP contribution in [0.4, 0.5) is 0 Å². The number of ether oxygens (including phenoxy) is 1. The highest BCUT2D eigenvalue weighted by Gasteiger charge is 2.20. The van der Waals surface area contributed by atoms with Crippen molar-refractivity contribution in [3.63, 3.8) is 0 Å². The van der Waals surface area contributed by atoms with Crippen molar-refractivity contribution >= 4 is 17.7 Å². The van der Waals surface area contributed by atoms with E-state index in [1.54, 1.807) is 11.8 Å². The van der Waals surface area contributed by atoms with Crippen LogP contribution >= 0.6 is 11.8 Å². The number of rotatable bonds is 3. The normalized spacial score (nSPS) is 21.1. The molecule has 0 bridgehead atoms. The lowest BCUT2D eigenvalue weighted by Gasteiger charge is -2.23. The monoisotopic (exact) mass is 204 g/mol. The fourth-order valence-electron chi connectivity index (χ4n) is 1.28. The lowest BCUT2D eigenvalue weighted by Crippen LogP contribution is -2.37. The van der Waals surface area contributed by atoms with Crippen molar-refractivity contribution in [1.29, 1.82) is 0 Å². The third kappa shape index (κ3) is 3.54. The average molecular weight is 204 g/mol. The second kappa shape index (κ2) is 5.47. The van der Waals surface area contributed by atoms with Crippen LogP contribution in [-0.2, 0) is 9.53 Å². The molecule has 76 valence electrons. The molecule has 0 aromatic rings. The van der Waals surface area contributed by atoms with Crippen molar-refractivity contribution in [3.05, 3.63) is 0 Å². The van der Waals surface area contributed by atoms with E-state index >= 15 is 0 Å². The molecule has 4 nitrogen and oxygen atoms in total. The molecule has 0 radical (unpaired) electrons. The SMILES string of the molecule is CC(SC1CCOCC1)C(=O)NN. The van der Waals surface area contributed by atoms with E-state index in [-0.39, 0.29) is 11.2 Å². The Morgan fingerprint density at radius 3 is 2.77 bits per heavy atom. The summed E-state index contributed by atoms with van der Waals surface area (Å²) >= 11 is 1.68. The van der Waals surface area contributed by atoms with Crippen molar-refractivity contribution in [2.75, 3.05) is 13.2 Å². The number of hydrogen-bond donors (Lipinski definition) is 2. The van der Waals surface area contributed by atoms with Crippen molar-refractivity contribution in [1.82, 2.24) is 5.43 Å². The molecule has 1 saturated heterocycles. The van der Waals surface area contributed by atoms with Gasteiger partial charge in [-0.25, -0.2) is 5.84 Å². The standard InChI is InChI=1S/C8H16N2O2S/c1-6(8(11)10-9)13-7-2-4-12-5-3-7/h6-7H,2-5,9H2,1H3,(H,10,11). The minimum Gasteiger partial charge on any atom is -0.381 e. The predicted octanol–water partition coefficient (Wildman–Crippen LogP) is 0.277. The smallest absolute Gasteiger partial charge is 0.246 e. The Bertz CT molecular complexity index is 172. The van der Waals surface area contributed by atoms with Crippen molar-refractivity contribution in [2.24, 2.45) is 5.84 Å². The molecule has 1 rings (SSSR count). The summed E-state index contributed by atoms with van der Waals surface area (Å²) in [6.45, 7) is 3.51. The van der Waals surface area contributed by atoms with E-state index in [1.807, 2.05) is 6.92 Å². The highest BCUT2D eigenvalue weighted by Crippen LogP contribution is 2.25. The van der Waals surface area contributed by atoms with Crippen LogP contribution < -0.4 is 11.3 Å². The van der Waals surface area contributed by atoms with Gasteiger partial charge in [0.15, 0.2) is 0 Å². The summed E-state index contributed by atoms with van der Waals surface area (Å²) in [5.74, 6) is 4.94. The molecule has 0 aromatic heterocycles. The molecule has 1 amide bonds. The van der Waals surface area contributed by atoms with Gasteiger partial charge in [0, 0.05) is 18.5 Å². The Morgan fingerprint density at radius 2 is 2.23 bits per heavy atom. The molecule has 0 spiro atoms. The van der Waals surface area contributed by atoms with Gasteiger partial charge in [-0.05, 0) is 19.8 Å². The zero-order chi connectivity index (χ0) is 9.68. The number of nitrogens with one attached hydrogen (secondary N) is 1. The van der Waals surface area contributed by atoms with Crippen molar-refractivity contribution in [3.8, 4) is 0 Å². The van der Waals surface area contributed by atoms with Gasteiger partial charge in [0.1, 0.15) is 0 Å². The number of nitrogens with two attached hydrogens (primary N) is 1. The van der Waals surface area contributed by atoms with Crippen LogP contribution in [-0.4, -0.2) is 29.6 Å². The molecule has 5 heteroatoms. The number of hydrazine groups is 1. The van der Waals surface area contributed by atoms with E-state index in [4.69, 9.17) is 10.6 Å². The molecule has 1 unspecified atom stereocenters. The quantitative estimate of drug-likeness (QED) is 0.394. The Kier molecular flexibility index (Phi) is 4.55. The van der Waals surface area contributed by atoms with Crippen LogP contribution in [0.5, 0.6) is 0 Å². The van der Waals surface area contributed by atoms with Gasteiger partial charge in [-0.1, -0.05) is 0 Å². The maximum Gasteiger partial charge on any atom is 0.246 e. The zero-order valence-corrected chi connectivity index (χ0v) is 8.60. The summed E-state index contributed by atoms with van der Waals surface area (Å²) in [6.07, 6.45) is 2.07. The van der Waals surface area contributed by atoms with Gasteiger partial charge in [0.05, 0.1) is 5.25 Å². The summed E-state index contributed by atoms with van der Waals surface area (Å²) in [4.78, 5) is 11.1. The topological polar surface area (TPSA) is 64.3 Å². The predicted molar refractivity (Wildman–Crippen MR) is 53.2 cm³/mol. The Balaban J connectivity index is 2.25. The summed E-state index contributed by atoms with van der Waals surface area (Å²) in [5, 5.41) is 0.481. The number of carbonyl (C=O) groups is 1. The third-order valence-electron chi connectivity index (χ3n) is 2.08. The Morgan fingerprint density at radius 1 is 1.62 bits per heavy atom. The molecule has 0 aromatic carbocycles. The summed E-state index contributed by atoms with van der Waals surface area (Å²) in [6, 6.07) is 0. The molecule has 0 aliphatic carbocycles. The zero-order valence-electron chi connectivity index (χ0n) is 7.79. The first-order valence-electron chi connectivity index (χ1n) is 4.47. The van der Waals surface area contributed by atoms with Gasteiger partial charge in [0.25, 0.3) is 0 Å². The maximum absolute atomic E-state index is 11.1. The first-order chi connectivity index (χ1) is 6.24. The van der Waals surface area contributed by atoms with Crippen LogP contribution in [0.3, 0.4) is 0 Å². The van der Waals surface area contributed by atoms with Gasteiger partial charge in [-0.3, -0.25) is 10.2 Å². The number of thioether (sulfide) groups is 1. The molecule has 1 aliphatic heterocycles. The van der Waals surface area contributed by atoms with Gasteiger partial charge in [-0.2, -0.15) is 0 Å². The maximum atomic E-state index is 11.1.